The molecule has 1 amide bonds. The monoisotopic (exact) mass is 253 g/mol. The van der Waals surface area contributed by atoms with Crippen LogP contribution in [0, 0.1) is 5.92 Å². The summed E-state index contributed by atoms with van der Waals surface area (Å²) in [6, 6.07) is 1.10. The second-order valence-electron chi connectivity index (χ2n) is 6.01. The Morgan fingerprint density at radius 2 is 1.94 bits per heavy atom. The highest BCUT2D eigenvalue weighted by molar-refractivity contribution is 5.78. The first-order valence-electron chi connectivity index (χ1n) is 7.41. The molecule has 0 aromatic carbocycles. The Hall–Kier alpha value is -0.610. The average Bonchev–Trinajstić information content (AvgIpc) is 3.01. The lowest BCUT2D eigenvalue weighted by Gasteiger charge is -2.31. The van der Waals surface area contributed by atoms with Gasteiger partial charge >= 0.3 is 0 Å². The minimum absolute atomic E-state index is 0.145. The molecular formula is C14H27N3O. The molecule has 0 radical (unpaired) electrons. The molecule has 0 spiro atoms. The SMILES string of the molecule is CC(C)C(CNC(=O)CNC1CC1)N1CCCC1. The van der Waals surface area contributed by atoms with E-state index in [9.17, 15) is 4.79 Å². The Labute approximate surface area is 110 Å². The zero-order valence-corrected chi connectivity index (χ0v) is 11.7. The summed E-state index contributed by atoms with van der Waals surface area (Å²) < 4.78 is 0. The van der Waals surface area contributed by atoms with Gasteiger partial charge in [0.25, 0.3) is 0 Å². The summed E-state index contributed by atoms with van der Waals surface area (Å²) >= 11 is 0. The molecular weight excluding hydrogens is 226 g/mol. The van der Waals surface area contributed by atoms with Crippen LogP contribution in [-0.2, 0) is 4.79 Å². The van der Waals surface area contributed by atoms with E-state index in [4.69, 9.17) is 0 Å². The number of carbonyl (C=O) groups excluding carboxylic acids is 1. The number of likely N-dealkylation sites (tertiary alicyclic amines) is 1. The van der Waals surface area contributed by atoms with Crippen molar-refractivity contribution >= 4 is 5.91 Å². The Bertz CT molecular complexity index is 270. The van der Waals surface area contributed by atoms with Gasteiger partial charge in [0.05, 0.1) is 6.54 Å². The predicted octanol–water partition coefficient (Wildman–Crippen LogP) is 0.975. The van der Waals surface area contributed by atoms with Crippen LogP contribution in [0.3, 0.4) is 0 Å². The van der Waals surface area contributed by atoms with E-state index in [-0.39, 0.29) is 5.91 Å². The van der Waals surface area contributed by atoms with E-state index in [0.717, 1.165) is 6.54 Å². The van der Waals surface area contributed by atoms with Gasteiger partial charge in [-0.25, -0.2) is 0 Å². The molecule has 4 nitrogen and oxygen atoms in total. The molecule has 2 N–H and O–H groups in total. The highest BCUT2D eigenvalue weighted by Crippen LogP contribution is 2.18. The van der Waals surface area contributed by atoms with E-state index in [1.807, 2.05) is 0 Å². The largest absolute Gasteiger partial charge is 0.353 e. The maximum absolute atomic E-state index is 11.7. The van der Waals surface area contributed by atoms with Crippen molar-refractivity contribution in [2.24, 2.45) is 5.92 Å². The fourth-order valence-corrected chi connectivity index (χ4v) is 2.67. The molecule has 1 saturated heterocycles. The average molecular weight is 253 g/mol. The first-order chi connectivity index (χ1) is 8.66. The van der Waals surface area contributed by atoms with Crippen molar-refractivity contribution in [2.75, 3.05) is 26.2 Å². The van der Waals surface area contributed by atoms with Crippen molar-refractivity contribution in [1.29, 1.82) is 0 Å². The molecule has 18 heavy (non-hydrogen) atoms. The first kappa shape index (κ1) is 13.8. The van der Waals surface area contributed by atoms with Crippen LogP contribution in [-0.4, -0.2) is 49.1 Å². The zero-order valence-electron chi connectivity index (χ0n) is 11.7. The molecule has 0 bridgehead atoms. The van der Waals surface area contributed by atoms with Crippen LogP contribution < -0.4 is 10.6 Å². The van der Waals surface area contributed by atoms with Crippen molar-refractivity contribution < 1.29 is 4.79 Å². The third kappa shape index (κ3) is 4.25. The van der Waals surface area contributed by atoms with Gasteiger partial charge in [0.1, 0.15) is 0 Å². The van der Waals surface area contributed by atoms with Crippen LogP contribution in [0.5, 0.6) is 0 Å². The van der Waals surface area contributed by atoms with Gasteiger partial charge in [0, 0.05) is 18.6 Å². The van der Waals surface area contributed by atoms with Crippen LogP contribution in [0.1, 0.15) is 39.5 Å². The van der Waals surface area contributed by atoms with Crippen molar-refractivity contribution in [3.63, 3.8) is 0 Å². The number of hydrogen-bond acceptors (Lipinski definition) is 3. The van der Waals surface area contributed by atoms with Gasteiger partial charge in [-0.05, 0) is 44.7 Å². The Morgan fingerprint density at radius 3 is 2.50 bits per heavy atom. The number of nitrogens with one attached hydrogen (secondary N) is 2. The fraction of sp³-hybridized carbons (Fsp3) is 0.929. The number of carbonyl (C=O) groups is 1. The second kappa shape index (κ2) is 6.53. The van der Waals surface area contributed by atoms with Crippen molar-refractivity contribution in [3.05, 3.63) is 0 Å². The Balaban J connectivity index is 1.68. The normalized spacial score (nSPS) is 22.4. The van der Waals surface area contributed by atoms with Gasteiger partial charge in [0.2, 0.25) is 5.91 Å². The van der Waals surface area contributed by atoms with Crippen LogP contribution in [0.4, 0.5) is 0 Å². The molecule has 0 aromatic rings. The maximum Gasteiger partial charge on any atom is 0.234 e. The smallest absolute Gasteiger partial charge is 0.234 e. The van der Waals surface area contributed by atoms with Gasteiger partial charge in [-0.2, -0.15) is 0 Å². The first-order valence-corrected chi connectivity index (χ1v) is 7.41. The quantitative estimate of drug-likeness (QED) is 0.711. The number of hydrogen-bond donors (Lipinski definition) is 2. The van der Waals surface area contributed by atoms with Crippen LogP contribution in [0.2, 0.25) is 0 Å². The number of amides is 1. The zero-order chi connectivity index (χ0) is 13.0. The number of rotatable bonds is 7. The molecule has 1 atom stereocenters. The summed E-state index contributed by atoms with van der Waals surface area (Å²) in [5.74, 6) is 0.742. The van der Waals surface area contributed by atoms with Gasteiger partial charge in [0.15, 0.2) is 0 Å². The van der Waals surface area contributed by atoms with E-state index in [1.165, 1.54) is 38.8 Å². The number of nitrogens with zero attached hydrogens (tertiary/aromatic N) is 1. The molecule has 1 heterocycles. The minimum atomic E-state index is 0.145. The summed E-state index contributed by atoms with van der Waals surface area (Å²) in [5, 5.41) is 6.33. The maximum atomic E-state index is 11.7. The molecule has 1 aliphatic heterocycles. The molecule has 0 aromatic heterocycles. The summed E-state index contributed by atoms with van der Waals surface area (Å²) in [6.07, 6.45) is 5.08. The summed E-state index contributed by atoms with van der Waals surface area (Å²) in [6.45, 7) is 8.16. The third-order valence-electron chi connectivity index (χ3n) is 4.02. The van der Waals surface area contributed by atoms with Crippen molar-refractivity contribution in [2.45, 2.75) is 51.6 Å². The van der Waals surface area contributed by atoms with Crippen LogP contribution in [0.25, 0.3) is 0 Å². The fourth-order valence-electron chi connectivity index (χ4n) is 2.67. The van der Waals surface area contributed by atoms with Crippen molar-refractivity contribution in [1.82, 2.24) is 15.5 Å². The van der Waals surface area contributed by atoms with E-state index in [0.29, 0.717) is 24.5 Å². The van der Waals surface area contributed by atoms with E-state index in [2.05, 4.69) is 29.4 Å². The highest BCUT2D eigenvalue weighted by atomic mass is 16.1. The minimum Gasteiger partial charge on any atom is -0.353 e. The molecule has 1 unspecified atom stereocenters. The van der Waals surface area contributed by atoms with Gasteiger partial charge in [-0.15, -0.1) is 0 Å². The topological polar surface area (TPSA) is 44.4 Å². The molecule has 1 saturated carbocycles. The lowest BCUT2D eigenvalue weighted by Crippen LogP contribution is -2.47. The summed E-state index contributed by atoms with van der Waals surface area (Å²) in [5.41, 5.74) is 0. The third-order valence-corrected chi connectivity index (χ3v) is 4.02. The lowest BCUT2D eigenvalue weighted by atomic mass is 10.0. The predicted molar refractivity (Wildman–Crippen MR) is 73.5 cm³/mol. The van der Waals surface area contributed by atoms with Gasteiger partial charge in [-0.1, -0.05) is 13.8 Å². The van der Waals surface area contributed by atoms with Crippen LogP contribution in [0.15, 0.2) is 0 Å². The van der Waals surface area contributed by atoms with Gasteiger partial charge < -0.3 is 10.6 Å². The van der Waals surface area contributed by atoms with Crippen LogP contribution >= 0.6 is 0 Å². The molecule has 2 aliphatic rings. The molecule has 2 rings (SSSR count). The Kier molecular flexibility index (Phi) is 5.01. The molecule has 2 fully saturated rings. The van der Waals surface area contributed by atoms with E-state index < -0.39 is 0 Å². The molecule has 104 valence electrons. The van der Waals surface area contributed by atoms with E-state index in [1.54, 1.807) is 0 Å². The molecule has 4 heteroatoms. The van der Waals surface area contributed by atoms with E-state index >= 15 is 0 Å². The second-order valence-corrected chi connectivity index (χ2v) is 6.01. The lowest BCUT2D eigenvalue weighted by molar-refractivity contribution is -0.120. The Morgan fingerprint density at radius 1 is 1.28 bits per heavy atom. The summed E-state index contributed by atoms with van der Waals surface area (Å²) in [4.78, 5) is 14.3. The highest BCUT2D eigenvalue weighted by Gasteiger charge is 2.25. The molecule has 1 aliphatic carbocycles. The standard InChI is InChI=1S/C14H27N3O/c1-11(2)13(17-7-3-4-8-17)9-16-14(18)10-15-12-5-6-12/h11-13,15H,3-10H2,1-2H3,(H,16,18). The summed E-state index contributed by atoms with van der Waals surface area (Å²) in [7, 11) is 0. The van der Waals surface area contributed by atoms with Gasteiger partial charge in [-0.3, -0.25) is 9.69 Å². The van der Waals surface area contributed by atoms with Crippen molar-refractivity contribution in [3.8, 4) is 0 Å².